The Labute approximate surface area is 150 Å². The van der Waals surface area contributed by atoms with Crippen LogP contribution in [0.5, 0.6) is 0 Å². The molecule has 3 rings (SSSR count). The highest BCUT2D eigenvalue weighted by Gasteiger charge is 2.30. The number of benzene rings is 2. The molecule has 2 aromatic carbocycles. The van der Waals surface area contributed by atoms with Gasteiger partial charge in [-0.25, -0.2) is 17.2 Å². The zero-order chi connectivity index (χ0) is 18.9. The predicted molar refractivity (Wildman–Crippen MR) is 93.5 cm³/mol. The lowest BCUT2D eigenvalue weighted by Crippen LogP contribution is -2.29. The normalized spacial score (nSPS) is 15.2. The molecule has 0 atom stereocenters. The average molecular weight is 380 g/mol. The highest BCUT2D eigenvalue weighted by atomic mass is 32.2. The highest BCUT2D eigenvalue weighted by molar-refractivity contribution is 7.89. The number of nitrogens with one attached hydrogen (secondary N) is 1. The van der Waals surface area contributed by atoms with E-state index in [4.69, 9.17) is 0 Å². The van der Waals surface area contributed by atoms with Crippen LogP contribution in [0.1, 0.15) is 28.8 Å². The van der Waals surface area contributed by atoms with E-state index in [0.717, 1.165) is 25.0 Å². The zero-order valence-electron chi connectivity index (χ0n) is 14.1. The molecule has 1 heterocycles. The molecule has 1 aliphatic rings. The minimum atomic E-state index is -3.99. The number of rotatable bonds is 4. The summed E-state index contributed by atoms with van der Waals surface area (Å²) < 4.78 is 54.1. The maximum absolute atomic E-state index is 14.1. The van der Waals surface area contributed by atoms with Crippen molar-refractivity contribution in [3.8, 4) is 0 Å². The molecule has 1 aliphatic heterocycles. The molecule has 1 amide bonds. The largest absolute Gasteiger partial charge is 0.322 e. The van der Waals surface area contributed by atoms with Gasteiger partial charge in [-0.05, 0) is 55.7 Å². The van der Waals surface area contributed by atoms with Crippen molar-refractivity contribution in [3.05, 3.63) is 59.2 Å². The fourth-order valence-electron chi connectivity index (χ4n) is 2.78. The lowest BCUT2D eigenvalue weighted by Gasteiger charge is -2.16. The first-order valence-electron chi connectivity index (χ1n) is 8.16. The third-order valence-corrected chi connectivity index (χ3v) is 6.22. The Balaban J connectivity index is 1.89. The molecule has 1 N–H and O–H groups in total. The summed E-state index contributed by atoms with van der Waals surface area (Å²) in [5, 5.41) is 2.48. The van der Waals surface area contributed by atoms with E-state index >= 15 is 0 Å². The number of hydrogen-bond donors (Lipinski definition) is 1. The second-order valence-electron chi connectivity index (χ2n) is 6.17. The Hall–Kier alpha value is -2.32. The van der Waals surface area contributed by atoms with Gasteiger partial charge < -0.3 is 5.32 Å². The molecule has 0 radical (unpaired) electrons. The van der Waals surface area contributed by atoms with Gasteiger partial charge in [0.1, 0.15) is 16.5 Å². The second-order valence-corrected chi connectivity index (χ2v) is 8.08. The van der Waals surface area contributed by atoms with Crippen LogP contribution >= 0.6 is 0 Å². The van der Waals surface area contributed by atoms with Gasteiger partial charge in [0.2, 0.25) is 10.0 Å². The van der Waals surface area contributed by atoms with Gasteiger partial charge in [0.25, 0.3) is 5.91 Å². The molecular weight excluding hydrogens is 362 g/mol. The van der Waals surface area contributed by atoms with Gasteiger partial charge in [0, 0.05) is 24.3 Å². The first kappa shape index (κ1) is 18.5. The molecule has 0 aliphatic carbocycles. The molecule has 5 nitrogen and oxygen atoms in total. The van der Waals surface area contributed by atoms with Gasteiger partial charge in [0.05, 0.1) is 0 Å². The Bertz CT molecular complexity index is 955. The second kappa shape index (κ2) is 7.13. The van der Waals surface area contributed by atoms with E-state index in [1.54, 1.807) is 6.92 Å². The molecule has 0 saturated carbocycles. The number of halogens is 2. The minimum Gasteiger partial charge on any atom is -0.322 e. The molecule has 138 valence electrons. The smallest absolute Gasteiger partial charge is 0.255 e. The summed E-state index contributed by atoms with van der Waals surface area (Å²) in [5.41, 5.74) is 0.639. The molecule has 1 fully saturated rings. The summed E-state index contributed by atoms with van der Waals surface area (Å²) in [7, 11) is -3.99. The third kappa shape index (κ3) is 3.61. The highest BCUT2D eigenvalue weighted by Crippen LogP contribution is 2.24. The van der Waals surface area contributed by atoms with Gasteiger partial charge in [-0.3, -0.25) is 4.79 Å². The lowest BCUT2D eigenvalue weighted by atomic mass is 10.2. The minimum absolute atomic E-state index is 0.0230. The topological polar surface area (TPSA) is 66.5 Å². The molecule has 26 heavy (non-hydrogen) atoms. The summed E-state index contributed by atoms with van der Waals surface area (Å²) in [6.07, 6.45) is 1.44. The van der Waals surface area contributed by atoms with Crippen LogP contribution < -0.4 is 5.32 Å². The fourth-order valence-corrected chi connectivity index (χ4v) is 4.39. The molecular formula is C18H18F2N2O3S. The number of anilines is 1. The van der Waals surface area contributed by atoms with E-state index in [1.807, 2.05) is 0 Å². The number of hydrogen-bond acceptors (Lipinski definition) is 3. The first-order valence-corrected chi connectivity index (χ1v) is 9.60. The van der Waals surface area contributed by atoms with Crippen LogP contribution in [0.15, 0.2) is 41.3 Å². The third-order valence-electron chi connectivity index (χ3n) is 4.31. The van der Waals surface area contributed by atoms with Crippen molar-refractivity contribution in [2.75, 3.05) is 18.4 Å². The van der Waals surface area contributed by atoms with E-state index in [-0.39, 0.29) is 11.3 Å². The summed E-state index contributed by atoms with van der Waals surface area (Å²) in [5.74, 6) is -2.03. The van der Waals surface area contributed by atoms with E-state index in [1.165, 1.54) is 28.6 Å². The van der Waals surface area contributed by atoms with E-state index in [0.29, 0.717) is 18.7 Å². The molecule has 0 bridgehead atoms. The van der Waals surface area contributed by atoms with Gasteiger partial charge >= 0.3 is 0 Å². The van der Waals surface area contributed by atoms with Crippen LogP contribution in [0.3, 0.4) is 0 Å². The predicted octanol–water partition coefficient (Wildman–Crippen LogP) is 3.31. The van der Waals surface area contributed by atoms with E-state index < -0.39 is 32.5 Å². The standard InChI is InChI=1S/C18H18F2N2O3S/c1-12-4-6-14(11-16(12)20)21-18(23)13-5-7-15(19)17(10-13)26(24,25)22-8-2-3-9-22/h4-7,10-11H,2-3,8-9H2,1H3,(H,21,23). The molecule has 8 heteroatoms. The number of carbonyl (C=O) groups is 1. The molecule has 0 aromatic heterocycles. The number of carbonyl (C=O) groups excluding carboxylic acids is 1. The molecule has 0 spiro atoms. The number of amides is 1. The molecule has 0 unspecified atom stereocenters. The van der Waals surface area contributed by atoms with Crippen LogP contribution in [-0.4, -0.2) is 31.7 Å². The van der Waals surface area contributed by atoms with Crippen molar-refractivity contribution in [1.29, 1.82) is 0 Å². The van der Waals surface area contributed by atoms with Crippen LogP contribution in [0.25, 0.3) is 0 Å². The fraction of sp³-hybridized carbons (Fsp3) is 0.278. The van der Waals surface area contributed by atoms with Crippen molar-refractivity contribution >= 4 is 21.6 Å². The Kier molecular flexibility index (Phi) is 5.06. The zero-order valence-corrected chi connectivity index (χ0v) is 14.9. The summed E-state index contributed by atoms with van der Waals surface area (Å²) in [6, 6.07) is 7.37. The number of nitrogens with zero attached hydrogens (tertiary/aromatic N) is 1. The first-order chi connectivity index (χ1) is 12.3. The van der Waals surface area contributed by atoms with Crippen LogP contribution in [0, 0.1) is 18.6 Å². The van der Waals surface area contributed by atoms with Gasteiger partial charge in [0.15, 0.2) is 0 Å². The van der Waals surface area contributed by atoms with Crippen LogP contribution in [0.2, 0.25) is 0 Å². The maximum atomic E-state index is 14.1. The summed E-state index contributed by atoms with van der Waals surface area (Å²) >= 11 is 0. The van der Waals surface area contributed by atoms with E-state index in [9.17, 15) is 22.0 Å². The van der Waals surface area contributed by atoms with Gasteiger partial charge in [-0.2, -0.15) is 4.31 Å². The Morgan fingerprint density at radius 3 is 2.38 bits per heavy atom. The van der Waals surface area contributed by atoms with Crippen LogP contribution in [0.4, 0.5) is 14.5 Å². The van der Waals surface area contributed by atoms with Crippen LogP contribution in [-0.2, 0) is 10.0 Å². The maximum Gasteiger partial charge on any atom is 0.255 e. The van der Waals surface area contributed by atoms with Gasteiger partial charge in [-0.15, -0.1) is 0 Å². The quantitative estimate of drug-likeness (QED) is 0.885. The van der Waals surface area contributed by atoms with E-state index in [2.05, 4.69) is 5.32 Å². The van der Waals surface area contributed by atoms with Crippen molar-refractivity contribution in [1.82, 2.24) is 4.31 Å². The van der Waals surface area contributed by atoms with Crippen molar-refractivity contribution < 1.29 is 22.0 Å². The lowest BCUT2D eigenvalue weighted by molar-refractivity contribution is 0.102. The average Bonchev–Trinajstić information content (AvgIpc) is 3.14. The van der Waals surface area contributed by atoms with Crippen molar-refractivity contribution in [2.24, 2.45) is 0 Å². The summed E-state index contributed by atoms with van der Waals surface area (Å²) in [4.78, 5) is 11.8. The van der Waals surface area contributed by atoms with Crippen molar-refractivity contribution in [3.63, 3.8) is 0 Å². The Morgan fingerprint density at radius 2 is 1.73 bits per heavy atom. The summed E-state index contributed by atoms with van der Waals surface area (Å²) in [6.45, 7) is 2.26. The number of sulfonamides is 1. The monoisotopic (exact) mass is 380 g/mol. The van der Waals surface area contributed by atoms with Gasteiger partial charge in [-0.1, -0.05) is 6.07 Å². The number of aryl methyl sites for hydroxylation is 1. The molecule has 1 saturated heterocycles. The van der Waals surface area contributed by atoms with Crippen molar-refractivity contribution in [2.45, 2.75) is 24.7 Å². The molecule has 2 aromatic rings. The SMILES string of the molecule is Cc1ccc(NC(=O)c2ccc(F)c(S(=O)(=O)N3CCCC3)c2)cc1F. The Morgan fingerprint density at radius 1 is 1.04 bits per heavy atom.